The van der Waals surface area contributed by atoms with Crippen molar-refractivity contribution in [3.8, 4) is 0 Å². The normalized spacial score (nSPS) is 20.2. The third kappa shape index (κ3) is 4.68. The van der Waals surface area contributed by atoms with Crippen molar-refractivity contribution in [1.29, 1.82) is 0 Å². The van der Waals surface area contributed by atoms with Crippen LogP contribution < -0.4 is 0 Å². The molecular formula is C18H26O2. The van der Waals surface area contributed by atoms with Crippen LogP contribution in [0, 0.1) is 0 Å². The molecular weight excluding hydrogens is 248 g/mol. The molecule has 1 fully saturated rings. The van der Waals surface area contributed by atoms with Crippen molar-refractivity contribution in [3.63, 3.8) is 0 Å². The number of rotatable bonds is 4. The van der Waals surface area contributed by atoms with Gasteiger partial charge < -0.3 is 9.47 Å². The standard InChI is InChI=1S/C18H26O2/c1-18(2,3)16-11-9-15(10-12-16)7-6-14-20-17-8-4-5-13-19-17/h6,9-12,14,17H,4-5,7-8,13H2,1-3H3/b14-6-. The van der Waals surface area contributed by atoms with E-state index in [0.29, 0.717) is 0 Å². The highest BCUT2D eigenvalue weighted by molar-refractivity contribution is 5.28. The minimum absolute atomic E-state index is 0.0386. The molecule has 1 aliphatic heterocycles. The van der Waals surface area contributed by atoms with Crippen molar-refractivity contribution in [3.05, 3.63) is 47.7 Å². The largest absolute Gasteiger partial charge is 0.473 e. The lowest BCUT2D eigenvalue weighted by Crippen LogP contribution is -2.19. The maximum absolute atomic E-state index is 5.58. The van der Waals surface area contributed by atoms with Crippen LogP contribution in [-0.2, 0) is 21.3 Å². The summed E-state index contributed by atoms with van der Waals surface area (Å²) in [6.07, 6.45) is 8.07. The third-order valence-electron chi connectivity index (χ3n) is 3.64. The molecule has 1 aliphatic rings. The van der Waals surface area contributed by atoms with Gasteiger partial charge in [-0.2, -0.15) is 0 Å². The van der Waals surface area contributed by atoms with Crippen molar-refractivity contribution in [1.82, 2.24) is 0 Å². The van der Waals surface area contributed by atoms with E-state index in [1.807, 2.05) is 0 Å². The van der Waals surface area contributed by atoms with E-state index in [-0.39, 0.29) is 11.7 Å². The fourth-order valence-corrected chi connectivity index (χ4v) is 2.29. The summed E-state index contributed by atoms with van der Waals surface area (Å²) >= 11 is 0. The average molecular weight is 274 g/mol. The molecule has 0 aromatic heterocycles. The summed E-state index contributed by atoms with van der Waals surface area (Å²) < 4.78 is 11.1. The lowest BCUT2D eigenvalue weighted by molar-refractivity contribution is -0.129. The minimum Gasteiger partial charge on any atom is -0.473 e. The zero-order valence-electron chi connectivity index (χ0n) is 12.9. The second-order valence-electron chi connectivity index (χ2n) is 6.46. The topological polar surface area (TPSA) is 18.5 Å². The van der Waals surface area contributed by atoms with Crippen molar-refractivity contribution in [2.75, 3.05) is 6.61 Å². The molecule has 0 saturated carbocycles. The Labute approximate surface area is 122 Å². The van der Waals surface area contributed by atoms with Gasteiger partial charge in [-0.05, 0) is 41.9 Å². The number of hydrogen-bond acceptors (Lipinski definition) is 2. The van der Waals surface area contributed by atoms with Gasteiger partial charge in [-0.3, -0.25) is 0 Å². The summed E-state index contributed by atoms with van der Waals surface area (Å²) in [7, 11) is 0. The quantitative estimate of drug-likeness (QED) is 0.748. The predicted molar refractivity (Wildman–Crippen MR) is 82.7 cm³/mol. The van der Waals surface area contributed by atoms with E-state index in [1.54, 1.807) is 6.26 Å². The Balaban J connectivity index is 1.78. The van der Waals surface area contributed by atoms with Gasteiger partial charge in [0.15, 0.2) is 6.29 Å². The van der Waals surface area contributed by atoms with Crippen molar-refractivity contribution < 1.29 is 9.47 Å². The molecule has 0 radical (unpaired) electrons. The molecule has 1 atom stereocenters. The monoisotopic (exact) mass is 274 g/mol. The van der Waals surface area contributed by atoms with Crippen LogP contribution in [0.15, 0.2) is 36.6 Å². The Kier molecular flexibility index (Phi) is 5.24. The van der Waals surface area contributed by atoms with Gasteiger partial charge in [0.25, 0.3) is 0 Å². The van der Waals surface area contributed by atoms with Crippen LogP contribution in [0.2, 0.25) is 0 Å². The fraction of sp³-hybridized carbons (Fsp3) is 0.556. The van der Waals surface area contributed by atoms with Crippen LogP contribution in [0.5, 0.6) is 0 Å². The van der Waals surface area contributed by atoms with Crippen LogP contribution in [0.25, 0.3) is 0 Å². The Morgan fingerprint density at radius 2 is 1.95 bits per heavy atom. The molecule has 2 heteroatoms. The minimum atomic E-state index is -0.0386. The molecule has 2 rings (SSSR count). The highest BCUT2D eigenvalue weighted by Crippen LogP contribution is 2.22. The highest BCUT2D eigenvalue weighted by atomic mass is 16.7. The van der Waals surface area contributed by atoms with Crippen molar-refractivity contribution >= 4 is 0 Å². The number of ether oxygens (including phenoxy) is 2. The van der Waals surface area contributed by atoms with Crippen LogP contribution in [0.4, 0.5) is 0 Å². The first-order chi connectivity index (χ1) is 9.55. The predicted octanol–water partition coefficient (Wildman–Crippen LogP) is 4.58. The molecule has 0 bridgehead atoms. The van der Waals surface area contributed by atoms with Gasteiger partial charge in [0.2, 0.25) is 0 Å². The molecule has 110 valence electrons. The second-order valence-corrected chi connectivity index (χ2v) is 6.46. The fourth-order valence-electron chi connectivity index (χ4n) is 2.29. The SMILES string of the molecule is CC(C)(C)c1ccc(C/C=C\OC2CCCCO2)cc1. The van der Waals surface area contributed by atoms with Gasteiger partial charge in [-0.15, -0.1) is 0 Å². The number of hydrogen-bond donors (Lipinski definition) is 0. The van der Waals surface area contributed by atoms with E-state index in [0.717, 1.165) is 25.9 Å². The summed E-state index contributed by atoms with van der Waals surface area (Å²) in [5, 5.41) is 0. The van der Waals surface area contributed by atoms with Crippen LogP contribution >= 0.6 is 0 Å². The summed E-state index contributed by atoms with van der Waals surface area (Å²) in [5.41, 5.74) is 2.90. The van der Waals surface area contributed by atoms with E-state index < -0.39 is 0 Å². The molecule has 1 aromatic rings. The molecule has 1 saturated heterocycles. The maximum atomic E-state index is 5.58. The van der Waals surface area contributed by atoms with E-state index >= 15 is 0 Å². The van der Waals surface area contributed by atoms with Gasteiger partial charge in [0, 0.05) is 6.42 Å². The Bertz CT molecular complexity index is 420. The molecule has 0 N–H and O–H groups in total. The first kappa shape index (κ1) is 15.1. The summed E-state index contributed by atoms with van der Waals surface area (Å²) in [5.74, 6) is 0. The molecule has 1 heterocycles. The van der Waals surface area contributed by atoms with Crippen LogP contribution in [0.3, 0.4) is 0 Å². The van der Waals surface area contributed by atoms with Gasteiger partial charge in [0.05, 0.1) is 12.9 Å². The molecule has 0 amide bonds. The Hall–Kier alpha value is -1.28. The van der Waals surface area contributed by atoms with Gasteiger partial charge in [-0.25, -0.2) is 0 Å². The summed E-state index contributed by atoms with van der Waals surface area (Å²) in [6.45, 7) is 7.53. The molecule has 20 heavy (non-hydrogen) atoms. The van der Waals surface area contributed by atoms with Crippen LogP contribution in [-0.4, -0.2) is 12.9 Å². The Morgan fingerprint density at radius 3 is 2.55 bits per heavy atom. The van der Waals surface area contributed by atoms with Crippen molar-refractivity contribution in [2.45, 2.75) is 58.2 Å². The smallest absolute Gasteiger partial charge is 0.198 e. The average Bonchev–Trinajstić information content (AvgIpc) is 2.44. The van der Waals surface area contributed by atoms with Crippen molar-refractivity contribution in [2.24, 2.45) is 0 Å². The number of allylic oxidation sites excluding steroid dienone is 1. The van der Waals surface area contributed by atoms with Gasteiger partial charge in [-0.1, -0.05) is 45.0 Å². The van der Waals surface area contributed by atoms with Gasteiger partial charge in [0.1, 0.15) is 0 Å². The summed E-state index contributed by atoms with van der Waals surface area (Å²) in [4.78, 5) is 0. The molecule has 2 nitrogen and oxygen atoms in total. The molecule has 1 unspecified atom stereocenters. The molecule has 0 spiro atoms. The van der Waals surface area contributed by atoms with E-state index in [2.05, 4.69) is 51.1 Å². The van der Waals surface area contributed by atoms with E-state index in [9.17, 15) is 0 Å². The van der Waals surface area contributed by atoms with Gasteiger partial charge >= 0.3 is 0 Å². The Morgan fingerprint density at radius 1 is 1.20 bits per heavy atom. The highest BCUT2D eigenvalue weighted by Gasteiger charge is 2.13. The second kappa shape index (κ2) is 6.94. The lowest BCUT2D eigenvalue weighted by atomic mass is 9.86. The number of benzene rings is 1. The van der Waals surface area contributed by atoms with Crippen LogP contribution in [0.1, 0.15) is 51.2 Å². The molecule has 0 aliphatic carbocycles. The maximum Gasteiger partial charge on any atom is 0.198 e. The van der Waals surface area contributed by atoms with E-state index in [1.165, 1.54) is 17.5 Å². The summed E-state index contributed by atoms with van der Waals surface area (Å²) in [6, 6.07) is 8.83. The third-order valence-corrected chi connectivity index (χ3v) is 3.64. The zero-order chi connectivity index (χ0) is 14.4. The first-order valence-corrected chi connectivity index (χ1v) is 7.57. The first-order valence-electron chi connectivity index (χ1n) is 7.57. The molecule has 1 aromatic carbocycles. The lowest BCUT2D eigenvalue weighted by Gasteiger charge is -2.21. The van der Waals surface area contributed by atoms with E-state index in [4.69, 9.17) is 9.47 Å². The zero-order valence-corrected chi connectivity index (χ0v) is 12.9.